The lowest BCUT2D eigenvalue weighted by Crippen LogP contribution is -2.59. The number of aliphatic hydroxyl groups excluding tert-OH is 1. The number of carbonyl (C=O) groups is 2. The van der Waals surface area contributed by atoms with Crippen LogP contribution in [0.25, 0.3) is 0 Å². The molecule has 1 aliphatic heterocycles. The highest BCUT2D eigenvalue weighted by Crippen LogP contribution is 2.29. The molecule has 1 aliphatic rings. The third kappa shape index (κ3) is 5.91. The van der Waals surface area contributed by atoms with Crippen molar-refractivity contribution in [2.24, 2.45) is 10.9 Å². The minimum atomic E-state index is -1.54. The number of aliphatic hydroxyl groups is 1. The van der Waals surface area contributed by atoms with Crippen molar-refractivity contribution in [2.45, 2.75) is 25.1 Å². The summed E-state index contributed by atoms with van der Waals surface area (Å²) in [5.74, 6) is -0.768. The molecule has 0 aromatic heterocycles. The van der Waals surface area contributed by atoms with E-state index in [1.54, 1.807) is 24.3 Å². The van der Waals surface area contributed by atoms with E-state index in [4.69, 9.17) is 27.3 Å². The minimum Gasteiger partial charge on any atom is -0.491 e. The van der Waals surface area contributed by atoms with Crippen LogP contribution in [0.2, 0.25) is 5.02 Å². The highest BCUT2D eigenvalue weighted by Gasteiger charge is 2.40. The first-order valence-corrected chi connectivity index (χ1v) is 10.5. The maximum Gasteiger partial charge on any atom is 0.256 e. The number of amidine groups is 1. The second-order valence-corrected chi connectivity index (χ2v) is 7.83. The van der Waals surface area contributed by atoms with Gasteiger partial charge in [0.1, 0.15) is 25.1 Å². The third-order valence-corrected chi connectivity index (χ3v) is 5.44. The van der Waals surface area contributed by atoms with Gasteiger partial charge >= 0.3 is 0 Å². The quantitative estimate of drug-likeness (QED) is 0.187. The SMILES string of the molecule is N/C(=N/O)c1ccc(CNC(=O)C2CCN2C(=O)C(O)c2cc(Cl)cc(OCCF)c2)cc1. The van der Waals surface area contributed by atoms with E-state index in [-0.39, 0.29) is 41.2 Å². The predicted octanol–water partition coefficient (Wildman–Crippen LogP) is 1.73. The number of nitrogens with one attached hydrogen (secondary N) is 1. The molecule has 2 amide bonds. The molecule has 2 atom stereocenters. The van der Waals surface area contributed by atoms with E-state index in [0.29, 0.717) is 18.5 Å². The van der Waals surface area contributed by atoms with Gasteiger partial charge in [-0.05, 0) is 35.7 Å². The van der Waals surface area contributed by atoms with Crippen LogP contribution in [0.5, 0.6) is 5.75 Å². The molecule has 176 valence electrons. The first kappa shape index (κ1) is 24.3. The second-order valence-electron chi connectivity index (χ2n) is 7.40. The van der Waals surface area contributed by atoms with E-state index in [1.807, 2.05) is 0 Å². The van der Waals surface area contributed by atoms with E-state index >= 15 is 0 Å². The second kappa shape index (κ2) is 11.0. The van der Waals surface area contributed by atoms with Crippen LogP contribution >= 0.6 is 11.6 Å². The number of hydrogen-bond donors (Lipinski definition) is 4. The molecule has 0 bridgehead atoms. The summed E-state index contributed by atoms with van der Waals surface area (Å²) in [4.78, 5) is 26.7. The van der Waals surface area contributed by atoms with Crippen LogP contribution in [0.15, 0.2) is 47.6 Å². The molecule has 3 rings (SSSR count). The summed E-state index contributed by atoms with van der Waals surface area (Å²) in [5, 5.41) is 25.2. The maximum absolute atomic E-state index is 12.8. The van der Waals surface area contributed by atoms with Crippen molar-refractivity contribution < 1.29 is 29.0 Å². The van der Waals surface area contributed by atoms with E-state index in [2.05, 4.69) is 10.5 Å². The molecule has 33 heavy (non-hydrogen) atoms. The molecule has 2 aromatic rings. The summed E-state index contributed by atoms with van der Waals surface area (Å²) in [6.45, 7) is -0.319. The summed E-state index contributed by atoms with van der Waals surface area (Å²) in [6.07, 6.45) is -1.08. The maximum atomic E-state index is 12.8. The number of alkyl halides is 1. The number of rotatable bonds is 9. The number of amides is 2. The van der Waals surface area contributed by atoms with Crippen LogP contribution in [0, 0.1) is 0 Å². The zero-order valence-electron chi connectivity index (χ0n) is 17.6. The predicted molar refractivity (Wildman–Crippen MR) is 119 cm³/mol. The zero-order chi connectivity index (χ0) is 24.0. The average Bonchev–Trinajstić information content (AvgIpc) is 2.79. The standard InChI is InChI=1S/C22H24ClFN4O5/c23-16-9-15(10-17(11-16)33-8-6-24)19(29)22(31)28-7-5-18(28)21(30)26-12-13-1-3-14(4-2-13)20(25)27-32/h1-4,9-11,18-19,29,32H,5-8,12H2,(H2,25,27)(H,26,30). The van der Waals surface area contributed by atoms with Crippen molar-refractivity contribution in [1.29, 1.82) is 0 Å². The van der Waals surface area contributed by atoms with Gasteiger partial charge in [0.15, 0.2) is 11.9 Å². The van der Waals surface area contributed by atoms with Crippen LogP contribution < -0.4 is 15.8 Å². The number of carbonyl (C=O) groups excluding carboxylic acids is 2. The van der Waals surface area contributed by atoms with Gasteiger partial charge in [-0.3, -0.25) is 9.59 Å². The molecule has 2 unspecified atom stereocenters. The van der Waals surface area contributed by atoms with Gasteiger partial charge in [-0.1, -0.05) is 41.0 Å². The Bertz CT molecular complexity index is 1030. The van der Waals surface area contributed by atoms with Gasteiger partial charge in [0.25, 0.3) is 5.91 Å². The molecular formula is C22H24ClFN4O5. The van der Waals surface area contributed by atoms with Gasteiger partial charge < -0.3 is 31.0 Å². The minimum absolute atomic E-state index is 0.0198. The van der Waals surface area contributed by atoms with E-state index in [0.717, 1.165) is 5.56 Å². The highest BCUT2D eigenvalue weighted by molar-refractivity contribution is 6.30. The normalized spacial score (nSPS) is 16.6. The molecule has 0 aliphatic carbocycles. The summed E-state index contributed by atoms with van der Waals surface area (Å²) in [7, 11) is 0. The fraction of sp³-hybridized carbons (Fsp3) is 0.318. The number of nitrogens with zero attached hydrogens (tertiary/aromatic N) is 2. The number of likely N-dealkylation sites (tertiary alicyclic amines) is 1. The van der Waals surface area contributed by atoms with Crippen molar-refractivity contribution in [3.63, 3.8) is 0 Å². The molecule has 5 N–H and O–H groups in total. The van der Waals surface area contributed by atoms with E-state index in [1.165, 1.54) is 23.1 Å². The van der Waals surface area contributed by atoms with Crippen molar-refractivity contribution in [3.8, 4) is 5.75 Å². The molecule has 9 nitrogen and oxygen atoms in total. The molecule has 1 saturated heterocycles. The van der Waals surface area contributed by atoms with Crippen LogP contribution in [0.3, 0.4) is 0 Å². The topological polar surface area (TPSA) is 137 Å². The Labute approximate surface area is 194 Å². The fourth-order valence-corrected chi connectivity index (χ4v) is 3.60. The van der Waals surface area contributed by atoms with E-state index in [9.17, 15) is 19.1 Å². The Morgan fingerprint density at radius 3 is 2.64 bits per heavy atom. The smallest absolute Gasteiger partial charge is 0.256 e. The van der Waals surface area contributed by atoms with Gasteiger partial charge in [-0.2, -0.15) is 0 Å². The van der Waals surface area contributed by atoms with Gasteiger partial charge in [0, 0.05) is 23.7 Å². The number of benzene rings is 2. The molecule has 1 heterocycles. The Kier molecular flexibility index (Phi) is 8.07. The Morgan fingerprint density at radius 2 is 2.03 bits per heavy atom. The summed E-state index contributed by atoms with van der Waals surface area (Å²) >= 11 is 6.02. The number of ether oxygens (including phenoxy) is 1. The lowest BCUT2D eigenvalue weighted by molar-refractivity contribution is -0.154. The first-order chi connectivity index (χ1) is 15.8. The van der Waals surface area contributed by atoms with Gasteiger partial charge in [-0.25, -0.2) is 4.39 Å². The molecule has 2 aromatic carbocycles. The molecule has 1 fully saturated rings. The summed E-state index contributed by atoms with van der Waals surface area (Å²) in [5.41, 5.74) is 7.04. The van der Waals surface area contributed by atoms with Crippen LogP contribution in [-0.4, -0.2) is 58.7 Å². The third-order valence-electron chi connectivity index (χ3n) is 5.22. The van der Waals surface area contributed by atoms with Crippen LogP contribution in [0.1, 0.15) is 29.2 Å². The number of oxime groups is 1. The summed E-state index contributed by atoms with van der Waals surface area (Å²) < 4.78 is 17.5. The average molecular weight is 479 g/mol. The first-order valence-electron chi connectivity index (χ1n) is 10.2. The van der Waals surface area contributed by atoms with Crippen LogP contribution in [-0.2, 0) is 16.1 Å². The lowest BCUT2D eigenvalue weighted by Gasteiger charge is -2.40. The number of hydrogen-bond acceptors (Lipinski definition) is 6. The largest absolute Gasteiger partial charge is 0.491 e. The van der Waals surface area contributed by atoms with Crippen LogP contribution in [0.4, 0.5) is 4.39 Å². The van der Waals surface area contributed by atoms with Crippen molar-refractivity contribution in [1.82, 2.24) is 10.2 Å². The van der Waals surface area contributed by atoms with Gasteiger partial charge in [0.2, 0.25) is 5.91 Å². The Hall–Kier alpha value is -3.37. The monoisotopic (exact) mass is 478 g/mol. The number of nitrogens with two attached hydrogens (primary N) is 1. The van der Waals surface area contributed by atoms with Crippen molar-refractivity contribution in [2.75, 3.05) is 19.8 Å². The van der Waals surface area contributed by atoms with Gasteiger partial charge in [-0.15, -0.1) is 0 Å². The highest BCUT2D eigenvalue weighted by atomic mass is 35.5. The zero-order valence-corrected chi connectivity index (χ0v) is 18.3. The van der Waals surface area contributed by atoms with Crippen molar-refractivity contribution >= 4 is 29.3 Å². The Balaban J connectivity index is 1.59. The molecule has 0 saturated carbocycles. The molecule has 11 heteroatoms. The number of halogens is 2. The van der Waals surface area contributed by atoms with Gasteiger partial charge in [0.05, 0.1) is 0 Å². The van der Waals surface area contributed by atoms with E-state index < -0.39 is 24.7 Å². The Morgan fingerprint density at radius 1 is 1.30 bits per heavy atom. The summed E-state index contributed by atoms with van der Waals surface area (Å²) in [6, 6.07) is 10.3. The molecule has 0 spiro atoms. The molecule has 0 radical (unpaired) electrons. The van der Waals surface area contributed by atoms with Crippen molar-refractivity contribution in [3.05, 3.63) is 64.2 Å². The fourth-order valence-electron chi connectivity index (χ4n) is 3.36. The lowest BCUT2D eigenvalue weighted by atomic mass is 9.98. The molecular weight excluding hydrogens is 455 g/mol.